The van der Waals surface area contributed by atoms with Gasteiger partial charge in [-0.3, -0.25) is 9.59 Å². The van der Waals surface area contributed by atoms with Crippen molar-refractivity contribution >= 4 is 17.9 Å². The molecule has 3 saturated heterocycles. The van der Waals surface area contributed by atoms with Crippen molar-refractivity contribution in [1.29, 1.82) is 0 Å². The van der Waals surface area contributed by atoms with Gasteiger partial charge in [0.2, 0.25) is 0 Å². The number of carbonyl (C=O) groups is 3. The number of benzene rings is 1. The van der Waals surface area contributed by atoms with Crippen molar-refractivity contribution in [2.24, 2.45) is 11.8 Å². The fourth-order valence-corrected chi connectivity index (χ4v) is 3.89. The summed E-state index contributed by atoms with van der Waals surface area (Å²) in [5, 5.41) is 10.9. The molecule has 3 aliphatic heterocycles. The van der Waals surface area contributed by atoms with Crippen LogP contribution in [0, 0.1) is 11.8 Å². The van der Waals surface area contributed by atoms with Gasteiger partial charge < -0.3 is 24.1 Å². The molecule has 26 heavy (non-hydrogen) atoms. The number of ether oxygens (including phenoxy) is 3. The third-order valence-electron chi connectivity index (χ3n) is 5.05. The number of carboxylic acid groups (broad SMARTS) is 1. The number of hydrogen-bond acceptors (Lipinski definition) is 7. The monoisotopic (exact) mass is 367 g/mol. The molecular formula is C17H13F2O7-. The lowest BCUT2D eigenvalue weighted by molar-refractivity contribution is -0.337. The van der Waals surface area contributed by atoms with Gasteiger partial charge in [0.25, 0.3) is 0 Å². The van der Waals surface area contributed by atoms with Gasteiger partial charge in [0.05, 0.1) is 12.0 Å². The second-order valence-corrected chi connectivity index (χ2v) is 6.54. The second-order valence-electron chi connectivity index (χ2n) is 6.54. The molecule has 0 spiro atoms. The summed E-state index contributed by atoms with van der Waals surface area (Å²) in [6, 6.07) is 6.78. The van der Waals surface area contributed by atoms with Crippen LogP contribution in [0.15, 0.2) is 30.3 Å². The number of carbonyl (C=O) groups excluding carboxylic acids is 3. The zero-order valence-corrected chi connectivity index (χ0v) is 13.2. The van der Waals surface area contributed by atoms with Gasteiger partial charge in [-0.05, 0) is 5.56 Å². The van der Waals surface area contributed by atoms with Gasteiger partial charge in [0.1, 0.15) is 24.1 Å². The molecule has 1 aromatic carbocycles. The van der Waals surface area contributed by atoms with E-state index in [2.05, 4.69) is 0 Å². The predicted octanol–water partition coefficient (Wildman–Crippen LogP) is -0.0150. The van der Waals surface area contributed by atoms with E-state index in [4.69, 9.17) is 14.2 Å². The predicted molar refractivity (Wildman–Crippen MR) is 75.4 cm³/mol. The van der Waals surface area contributed by atoms with Gasteiger partial charge in [-0.25, -0.2) is 0 Å². The highest BCUT2D eigenvalue weighted by Crippen LogP contribution is 2.51. The quantitative estimate of drug-likeness (QED) is 0.674. The maximum Gasteiger partial charge on any atom is 0.327 e. The minimum Gasteiger partial charge on any atom is -0.544 e. The molecule has 0 N–H and O–H groups in total. The van der Waals surface area contributed by atoms with E-state index in [1.807, 2.05) is 0 Å². The molecule has 0 saturated carbocycles. The Kier molecular flexibility index (Phi) is 3.72. The fourth-order valence-electron chi connectivity index (χ4n) is 3.89. The summed E-state index contributed by atoms with van der Waals surface area (Å²) in [6.45, 7) is 0. The van der Waals surface area contributed by atoms with Crippen LogP contribution in [0.1, 0.15) is 18.1 Å². The minimum absolute atomic E-state index is 0.203. The van der Waals surface area contributed by atoms with Crippen molar-refractivity contribution in [3.63, 3.8) is 0 Å². The van der Waals surface area contributed by atoms with E-state index >= 15 is 0 Å². The van der Waals surface area contributed by atoms with Gasteiger partial charge in [-0.2, -0.15) is 8.78 Å². The van der Waals surface area contributed by atoms with Crippen LogP contribution in [-0.4, -0.2) is 42.1 Å². The van der Waals surface area contributed by atoms with E-state index in [9.17, 15) is 28.3 Å². The maximum atomic E-state index is 14.1. The lowest BCUT2D eigenvalue weighted by atomic mass is 9.80. The third-order valence-corrected chi connectivity index (χ3v) is 5.05. The van der Waals surface area contributed by atoms with E-state index < -0.39 is 60.1 Å². The number of rotatable bonds is 5. The molecule has 3 heterocycles. The molecule has 9 heteroatoms. The smallest absolute Gasteiger partial charge is 0.327 e. The average Bonchev–Trinajstić information content (AvgIpc) is 3.22. The van der Waals surface area contributed by atoms with Gasteiger partial charge >= 0.3 is 17.9 Å². The number of hydrogen-bond donors (Lipinski definition) is 0. The number of halogens is 2. The molecule has 6 atom stereocenters. The molecule has 3 fully saturated rings. The summed E-state index contributed by atoms with van der Waals surface area (Å²) in [6.07, 6.45) is -3.81. The number of alkyl halides is 2. The number of aliphatic carboxylic acids is 1. The fraction of sp³-hybridized carbons (Fsp3) is 0.471. The molecule has 0 aromatic heterocycles. The molecule has 3 aliphatic rings. The van der Waals surface area contributed by atoms with Crippen LogP contribution in [-0.2, 0) is 28.6 Å². The van der Waals surface area contributed by atoms with E-state index in [1.165, 1.54) is 30.3 Å². The van der Waals surface area contributed by atoms with Crippen LogP contribution in [0.2, 0.25) is 0 Å². The third kappa shape index (κ3) is 2.38. The first-order valence-corrected chi connectivity index (χ1v) is 8.01. The molecule has 138 valence electrons. The highest BCUT2D eigenvalue weighted by molar-refractivity contribution is 5.86. The van der Waals surface area contributed by atoms with E-state index in [0.717, 1.165) is 0 Å². The Balaban J connectivity index is 1.61. The standard InChI is InChI=1S/C17H14F2O7/c18-17(19,16(22)23)13(7-4-2-1-3-5-7)26-14(20)10-8-6-9-12(24-8)11(10)15(21)25-9/h1-5,8-13H,6H2,(H,22,23)/p-1. The summed E-state index contributed by atoms with van der Waals surface area (Å²) in [7, 11) is 0. The molecule has 6 unspecified atom stereocenters. The summed E-state index contributed by atoms with van der Waals surface area (Å²) in [5.41, 5.74) is -0.203. The Bertz CT molecular complexity index is 764. The van der Waals surface area contributed by atoms with Crippen LogP contribution < -0.4 is 5.11 Å². The summed E-state index contributed by atoms with van der Waals surface area (Å²) >= 11 is 0. The lowest BCUT2D eigenvalue weighted by Crippen LogP contribution is -2.48. The van der Waals surface area contributed by atoms with Gasteiger partial charge in [0.15, 0.2) is 6.10 Å². The molecule has 2 bridgehead atoms. The average molecular weight is 367 g/mol. The largest absolute Gasteiger partial charge is 0.544 e. The molecule has 4 rings (SSSR count). The first kappa shape index (κ1) is 16.9. The van der Waals surface area contributed by atoms with Crippen LogP contribution in [0.4, 0.5) is 8.78 Å². The van der Waals surface area contributed by atoms with E-state index in [1.54, 1.807) is 0 Å². The van der Waals surface area contributed by atoms with Crippen molar-refractivity contribution in [3.05, 3.63) is 35.9 Å². The van der Waals surface area contributed by atoms with Crippen LogP contribution >= 0.6 is 0 Å². The van der Waals surface area contributed by atoms with Crippen molar-refractivity contribution in [2.75, 3.05) is 0 Å². The number of carboxylic acids is 1. The van der Waals surface area contributed by atoms with Crippen molar-refractivity contribution in [2.45, 2.75) is 36.8 Å². The minimum atomic E-state index is -4.45. The molecule has 1 aromatic rings. The molecule has 7 nitrogen and oxygen atoms in total. The first-order chi connectivity index (χ1) is 12.3. The summed E-state index contributed by atoms with van der Waals surface area (Å²) in [4.78, 5) is 35.4. The SMILES string of the molecule is O=C(OC(c1ccccc1)C(F)(F)C(=O)[O-])C1C2CC3OC(=O)C1C3O2. The molecule has 0 amide bonds. The number of fused-ring (bicyclic) bond motifs is 1. The molecule has 0 aliphatic carbocycles. The zero-order chi connectivity index (χ0) is 18.6. The van der Waals surface area contributed by atoms with Gasteiger partial charge in [-0.15, -0.1) is 0 Å². The van der Waals surface area contributed by atoms with E-state index in [0.29, 0.717) is 0 Å². The van der Waals surface area contributed by atoms with Crippen LogP contribution in [0.25, 0.3) is 0 Å². The Morgan fingerprint density at radius 3 is 2.58 bits per heavy atom. The van der Waals surface area contributed by atoms with Crippen molar-refractivity contribution in [1.82, 2.24) is 0 Å². The zero-order valence-electron chi connectivity index (χ0n) is 13.2. The Morgan fingerprint density at radius 2 is 1.92 bits per heavy atom. The topological polar surface area (TPSA) is 102 Å². The van der Waals surface area contributed by atoms with Crippen LogP contribution in [0.3, 0.4) is 0 Å². The normalized spacial score (nSPS) is 33.0. The Labute approximate surface area is 145 Å². The first-order valence-electron chi connectivity index (χ1n) is 8.01. The lowest BCUT2D eigenvalue weighted by Gasteiger charge is -2.30. The summed E-state index contributed by atoms with van der Waals surface area (Å²) in [5.74, 6) is -10.9. The maximum absolute atomic E-state index is 14.1. The van der Waals surface area contributed by atoms with Crippen molar-refractivity contribution in [3.8, 4) is 0 Å². The molecular weight excluding hydrogens is 354 g/mol. The highest BCUT2D eigenvalue weighted by atomic mass is 19.3. The Morgan fingerprint density at radius 1 is 1.23 bits per heavy atom. The van der Waals surface area contributed by atoms with Gasteiger partial charge in [-0.1, -0.05) is 30.3 Å². The van der Waals surface area contributed by atoms with Crippen LogP contribution in [0.5, 0.6) is 0 Å². The molecule has 0 radical (unpaired) electrons. The van der Waals surface area contributed by atoms with E-state index in [-0.39, 0.29) is 12.0 Å². The number of esters is 2. The summed E-state index contributed by atoms with van der Waals surface area (Å²) < 4.78 is 43.8. The Hall–Kier alpha value is -2.55. The van der Waals surface area contributed by atoms with Gasteiger partial charge in [0, 0.05) is 6.42 Å². The van der Waals surface area contributed by atoms with Crippen molar-refractivity contribution < 1.29 is 42.5 Å². The highest BCUT2D eigenvalue weighted by Gasteiger charge is 2.66. The second kappa shape index (κ2) is 5.73.